The van der Waals surface area contributed by atoms with Gasteiger partial charge in [-0.1, -0.05) is 19.3 Å². The number of benzene rings is 2. The molecule has 33 heavy (non-hydrogen) atoms. The van der Waals surface area contributed by atoms with Gasteiger partial charge in [-0.3, -0.25) is 14.3 Å². The summed E-state index contributed by atoms with van der Waals surface area (Å²) in [5.41, 5.74) is 1.57. The molecular weight excluding hydrogens is 442 g/mol. The number of nitrogens with zero attached hydrogens (tertiary/aromatic N) is 4. The molecule has 0 amide bonds. The van der Waals surface area contributed by atoms with Gasteiger partial charge in [0.1, 0.15) is 0 Å². The molecule has 1 N–H and O–H groups in total. The lowest BCUT2D eigenvalue weighted by molar-refractivity contribution is 0.359. The third-order valence-corrected chi connectivity index (χ3v) is 7.95. The van der Waals surface area contributed by atoms with Crippen LogP contribution in [0.1, 0.15) is 38.1 Å². The van der Waals surface area contributed by atoms with Crippen LogP contribution in [-0.2, 0) is 24.1 Å². The number of imidazole rings is 1. The van der Waals surface area contributed by atoms with E-state index in [2.05, 4.69) is 14.3 Å². The standard InChI is InChI=1S/C23H25N5O4S/c1-26-20-11-9-17(13-21(20)27(2)23(30)22(26)29)33(31,32)25-15-8-10-19-18(12-15)24-14-28(19)16-6-4-3-5-7-16/h8-14,16,25H,3-7H2,1-2H3. The van der Waals surface area contributed by atoms with Gasteiger partial charge in [-0.2, -0.15) is 0 Å². The van der Waals surface area contributed by atoms with Crippen molar-refractivity contribution in [3.8, 4) is 0 Å². The number of aryl methyl sites for hydroxylation is 2. The largest absolute Gasteiger partial charge is 0.327 e. The van der Waals surface area contributed by atoms with Crippen LogP contribution in [0.4, 0.5) is 5.69 Å². The SMILES string of the molecule is Cn1c(=O)c(=O)n(C)c2cc(S(=O)(=O)Nc3ccc4c(c3)ncn4C3CCCCC3)ccc21. The zero-order valence-corrected chi connectivity index (χ0v) is 19.3. The smallest absolute Gasteiger partial charge is 0.316 e. The van der Waals surface area contributed by atoms with Gasteiger partial charge in [-0.15, -0.1) is 0 Å². The molecule has 4 aromatic rings. The third-order valence-electron chi connectivity index (χ3n) is 6.57. The second-order valence-electron chi connectivity index (χ2n) is 8.63. The summed E-state index contributed by atoms with van der Waals surface area (Å²) >= 11 is 0. The minimum absolute atomic E-state index is 0.00326. The summed E-state index contributed by atoms with van der Waals surface area (Å²) < 4.78 is 33.4. The summed E-state index contributed by atoms with van der Waals surface area (Å²) in [5.74, 6) is 0. The van der Waals surface area contributed by atoms with Crippen molar-refractivity contribution in [3.05, 3.63) is 63.4 Å². The van der Waals surface area contributed by atoms with Crippen LogP contribution in [0.5, 0.6) is 0 Å². The summed E-state index contributed by atoms with van der Waals surface area (Å²) in [4.78, 5) is 28.7. The van der Waals surface area contributed by atoms with Crippen molar-refractivity contribution < 1.29 is 8.42 Å². The molecule has 2 heterocycles. The first-order valence-corrected chi connectivity index (χ1v) is 12.4. The van der Waals surface area contributed by atoms with Crippen LogP contribution >= 0.6 is 0 Å². The Bertz CT molecular complexity index is 1610. The average molecular weight is 468 g/mol. The number of nitrogens with one attached hydrogen (secondary N) is 1. The Morgan fingerprint density at radius 1 is 0.879 bits per heavy atom. The fraction of sp³-hybridized carbons (Fsp3) is 0.348. The van der Waals surface area contributed by atoms with E-state index in [1.807, 2.05) is 12.4 Å². The molecule has 0 aliphatic heterocycles. The monoisotopic (exact) mass is 467 g/mol. The van der Waals surface area contributed by atoms with Crippen molar-refractivity contribution in [3.63, 3.8) is 0 Å². The van der Waals surface area contributed by atoms with Crippen molar-refractivity contribution in [2.24, 2.45) is 14.1 Å². The molecule has 2 aromatic heterocycles. The number of fused-ring (bicyclic) bond motifs is 2. The van der Waals surface area contributed by atoms with Gasteiger partial charge >= 0.3 is 11.1 Å². The van der Waals surface area contributed by atoms with Crippen molar-refractivity contribution in [1.82, 2.24) is 18.7 Å². The fourth-order valence-electron chi connectivity index (χ4n) is 4.69. The van der Waals surface area contributed by atoms with E-state index in [0.717, 1.165) is 23.9 Å². The minimum atomic E-state index is -3.93. The first kappa shape index (κ1) is 21.4. The first-order chi connectivity index (χ1) is 15.8. The minimum Gasteiger partial charge on any atom is -0.327 e. The number of rotatable bonds is 4. The Morgan fingerprint density at radius 3 is 2.27 bits per heavy atom. The zero-order valence-electron chi connectivity index (χ0n) is 18.5. The molecule has 5 rings (SSSR count). The molecule has 2 aromatic carbocycles. The molecule has 172 valence electrons. The summed E-state index contributed by atoms with van der Waals surface area (Å²) in [5, 5.41) is 0. The molecule has 10 heteroatoms. The van der Waals surface area contributed by atoms with Gasteiger partial charge in [-0.25, -0.2) is 13.4 Å². The van der Waals surface area contributed by atoms with E-state index in [9.17, 15) is 18.0 Å². The number of sulfonamides is 1. The lowest BCUT2D eigenvalue weighted by Gasteiger charge is -2.23. The second kappa shape index (κ2) is 7.87. The summed E-state index contributed by atoms with van der Waals surface area (Å²) in [6, 6.07) is 10.1. The Labute approximate surface area is 190 Å². The summed E-state index contributed by atoms with van der Waals surface area (Å²) in [7, 11) is -0.990. The van der Waals surface area contributed by atoms with Gasteiger partial charge in [0.05, 0.1) is 39.0 Å². The van der Waals surface area contributed by atoms with Gasteiger partial charge in [0.2, 0.25) is 0 Å². The number of anilines is 1. The molecule has 9 nitrogen and oxygen atoms in total. The maximum Gasteiger partial charge on any atom is 0.316 e. The van der Waals surface area contributed by atoms with Crippen LogP contribution in [0.3, 0.4) is 0 Å². The third kappa shape index (κ3) is 3.64. The Balaban J connectivity index is 1.49. The highest BCUT2D eigenvalue weighted by atomic mass is 32.2. The molecule has 1 saturated carbocycles. The van der Waals surface area contributed by atoms with Crippen LogP contribution in [0.25, 0.3) is 22.1 Å². The van der Waals surface area contributed by atoms with Crippen molar-refractivity contribution in [2.45, 2.75) is 43.0 Å². The molecule has 1 aliphatic rings. The number of aromatic nitrogens is 4. The normalized spacial score (nSPS) is 15.3. The van der Waals surface area contributed by atoms with E-state index in [0.29, 0.717) is 22.8 Å². The summed E-state index contributed by atoms with van der Waals surface area (Å²) in [6.45, 7) is 0. The maximum atomic E-state index is 13.1. The van der Waals surface area contributed by atoms with Crippen molar-refractivity contribution >= 4 is 37.8 Å². The predicted molar refractivity (Wildman–Crippen MR) is 127 cm³/mol. The lowest BCUT2D eigenvalue weighted by Crippen LogP contribution is -2.39. The quantitative estimate of drug-likeness (QED) is 0.464. The highest BCUT2D eigenvalue weighted by Crippen LogP contribution is 2.31. The van der Waals surface area contributed by atoms with Crippen LogP contribution in [-0.4, -0.2) is 27.1 Å². The fourth-order valence-corrected chi connectivity index (χ4v) is 5.76. The molecule has 1 aliphatic carbocycles. The molecule has 0 saturated heterocycles. The number of hydrogen-bond donors (Lipinski definition) is 1. The van der Waals surface area contributed by atoms with E-state index in [1.54, 1.807) is 12.1 Å². The molecule has 1 fully saturated rings. The van der Waals surface area contributed by atoms with Crippen molar-refractivity contribution in [2.75, 3.05) is 4.72 Å². The predicted octanol–water partition coefficient (Wildman–Crippen LogP) is 2.89. The Kier molecular flexibility index (Phi) is 5.12. The van der Waals surface area contributed by atoms with Crippen LogP contribution in [0, 0.1) is 0 Å². The molecular formula is C23H25N5O4S. The Hall–Kier alpha value is -3.40. The van der Waals surface area contributed by atoms with Gasteiger partial charge in [0.15, 0.2) is 0 Å². The van der Waals surface area contributed by atoms with Crippen LogP contribution in [0.15, 0.2) is 57.2 Å². The Morgan fingerprint density at radius 2 is 1.55 bits per heavy atom. The van der Waals surface area contributed by atoms with Crippen molar-refractivity contribution in [1.29, 1.82) is 0 Å². The highest BCUT2D eigenvalue weighted by Gasteiger charge is 2.20. The summed E-state index contributed by atoms with van der Waals surface area (Å²) in [6.07, 6.45) is 7.81. The maximum absolute atomic E-state index is 13.1. The van der Waals surface area contributed by atoms with E-state index in [4.69, 9.17) is 0 Å². The van der Waals surface area contributed by atoms with Crippen LogP contribution in [0.2, 0.25) is 0 Å². The van der Waals surface area contributed by atoms with Gasteiger partial charge in [0.25, 0.3) is 10.0 Å². The van der Waals surface area contributed by atoms with Crippen LogP contribution < -0.4 is 15.8 Å². The zero-order chi connectivity index (χ0) is 23.3. The molecule has 0 bridgehead atoms. The number of hydrogen-bond acceptors (Lipinski definition) is 5. The first-order valence-electron chi connectivity index (χ1n) is 11.0. The second-order valence-corrected chi connectivity index (χ2v) is 10.3. The van der Waals surface area contributed by atoms with E-state index in [1.165, 1.54) is 60.7 Å². The van der Waals surface area contributed by atoms with E-state index >= 15 is 0 Å². The highest BCUT2D eigenvalue weighted by molar-refractivity contribution is 7.92. The molecule has 0 radical (unpaired) electrons. The molecule has 0 spiro atoms. The topological polar surface area (TPSA) is 108 Å². The van der Waals surface area contributed by atoms with E-state index in [-0.39, 0.29) is 4.90 Å². The van der Waals surface area contributed by atoms with Gasteiger partial charge < -0.3 is 13.7 Å². The molecule has 0 atom stereocenters. The average Bonchev–Trinajstić information content (AvgIpc) is 3.24. The molecule has 0 unspecified atom stereocenters. The van der Waals surface area contributed by atoms with Gasteiger partial charge in [0, 0.05) is 20.1 Å². The van der Waals surface area contributed by atoms with E-state index < -0.39 is 21.1 Å². The lowest BCUT2D eigenvalue weighted by atomic mass is 9.95. The van der Waals surface area contributed by atoms with Gasteiger partial charge in [-0.05, 0) is 49.2 Å².